The molecule has 2 N–H and O–H groups in total. The summed E-state index contributed by atoms with van der Waals surface area (Å²) in [6.07, 6.45) is 2.82. The zero-order valence-corrected chi connectivity index (χ0v) is 17.0. The Balaban J connectivity index is 1.52. The number of nitrogens with two attached hydrogens (primary N) is 1. The fraction of sp³-hybridized carbons (Fsp3) is 0.304. The maximum atomic E-state index is 6.13. The number of hydrogen-bond donors (Lipinski definition) is 1. The van der Waals surface area contributed by atoms with Crippen molar-refractivity contribution in [2.24, 2.45) is 5.73 Å². The van der Waals surface area contributed by atoms with E-state index in [9.17, 15) is 0 Å². The maximum Gasteiger partial charge on any atom is 0.139 e. The average molecular weight is 403 g/mol. The van der Waals surface area contributed by atoms with Crippen LogP contribution in [0.4, 0.5) is 5.69 Å². The Labute approximate surface area is 175 Å². The predicted molar refractivity (Wildman–Crippen MR) is 119 cm³/mol. The van der Waals surface area contributed by atoms with Gasteiger partial charge in [-0.25, -0.2) is 9.97 Å². The summed E-state index contributed by atoms with van der Waals surface area (Å²) in [6, 6.07) is 16.6. The Morgan fingerprint density at radius 3 is 2.90 bits per heavy atom. The molecule has 0 spiro atoms. The molecule has 1 aliphatic heterocycles. The molecule has 0 amide bonds. The number of anilines is 1. The molecule has 0 bridgehead atoms. The lowest BCUT2D eigenvalue weighted by atomic mass is 10.1. The number of fused-ring (bicyclic) bond motifs is 2. The van der Waals surface area contributed by atoms with Crippen molar-refractivity contribution in [3.8, 4) is 11.6 Å². The minimum absolute atomic E-state index is 0.223. The Bertz CT molecular complexity index is 1190. The third-order valence-corrected chi connectivity index (χ3v) is 5.57. The quantitative estimate of drug-likeness (QED) is 0.499. The zero-order chi connectivity index (χ0) is 20.5. The number of imidazole rings is 1. The van der Waals surface area contributed by atoms with E-state index in [4.69, 9.17) is 20.2 Å². The first kappa shape index (κ1) is 18.8. The van der Waals surface area contributed by atoms with E-state index < -0.39 is 0 Å². The van der Waals surface area contributed by atoms with Crippen LogP contribution in [0.1, 0.15) is 6.42 Å². The fourth-order valence-corrected chi connectivity index (χ4v) is 4.02. The van der Waals surface area contributed by atoms with Crippen molar-refractivity contribution in [3.05, 3.63) is 54.9 Å². The van der Waals surface area contributed by atoms with Gasteiger partial charge in [0.2, 0.25) is 0 Å². The molecule has 154 valence electrons. The topological polar surface area (TPSA) is 78.4 Å². The second kappa shape index (κ2) is 7.93. The number of hydrogen-bond acceptors (Lipinski definition) is 6. The number of benzene rings is 2. The minimum atomic E-state index is 0.223. The predicted octanol–water partition coefficient (Wildman–Crippen LogP) is 3.14. The third-order valence-electron chi connectivity index (χ3n) is 5.57. The van der Waals surface area contributed by atoms with E-state index in [1.165, 1.54) is 0 Å². The van der Waals surface area contributed by atoms with E-state index in [1.54, 1.807) is 7.11 Å². The summed E-state index contributed by atoms with van der Waals surface area (Å²) < 4.78 is 12.8. The second-order valence-corrected chi connectivity index (χ2v) is 7.62. The lowest BCUT2D eigenvalue weighted by Crippen LogP contribution is -2.26. The lowest BCUT2D eigenvalue weighted by molar-refractivity contribution is 0.146. The van der Waals surface area contributed by atoms with Crippen molar-refractivity contribution in [1.82, 2.24) is 14.5 Å². The Kier molecular flexibility index (Phi) is 4.98. The first-order valence-electron chi connectivity index (χ1n) is 10.2. The maximum absolute atomic E-state index is 6.13. The van der Waals surface area contributed by atoms with Crippen LogP contribution in [0.5, 0.6) is 5.75 Å². The molecular formula is C23H25N5O2. The van der Waals surface area contributed by atoms with Gasteiger partial charge in [-0.3, -0.25) is 4.57 Å². The molecule has 0 radical (unpaired) electrons. The molecule has 7 nitrogen and oxygen atoms in total. The molecule has 1 saturated heterocycles. The van der Waals surface area contributed by atoms with E-state index in [0.29, 0.717) is 13.2 Å². The molecule has 1 aliphatic rings. The van der Waals surface area contributed by atoms with Crippen molar-refractivity contribution in [1.29, 1.82) is 0 Å². The van der Waals surface area contributed by atoms with E-state index in [0.717, 1.165) is 58.7 Å². The monoisotopic (exact) mass is 403 g/mol. The average Bonchev–Trinajstić information content (AvgIpc) is 3.39. The van der Waals surface area contributed by atoms with Crippen molar-refractivity contribution in [3.63, 3.8) is 0 Å². The number of aromatic nitrogens is 3. The molecule has 30 heavy (non-hydrogen) atoms. The van der Waals surface area contributed by atoms with Gasteiger partial charge in [0.25, 0.3) is 0 Å². The summed E-state index contributed by atoms with van der Waals surface area (Å²) in [5.74, 6) is 1.62. The van der Waals surface area contributed by atoms with Crippen LogP contribution in [0.2, 0.25) is 0 Å². The highest BCUT2D eigenvalue weighted by Crippen LogP contribution is 2.30. The summed E-state index contributed by atoms with van der Waals surface area (Å²) in [5, 5.41) is 1.12. The van der Waals surface area contributed by atoms with Crippen LogP contribution >= 0.6 is 0 Å². The van der Waals surface area contributed by atoms with E-state index in [1.807, 2.05) is 35.2 Å². The van der Waals surface area contributed by atoms with Crippen molar-refractivity contribution < 1.29 is 9.47 Å². The van der Waals surface area contributed by atoms with Gasteiger partial charge in [-0.05, 0) is 36.8 Å². The van der Waals surface area contributed by atoms with Gasteiger partial charge in [-0.1, -0.05) is 12.1 Å². The van der Waals surface area contributed by atoms with Crippen LogP contribution < -0.4 is 15.4 Å². The molecule has 1 fully saturated rings. The van der Waals surface area contributed by atoms with Crippen molar-refractivity contribution >= 4 is 27.6 Å². The van der Waals surface area contributed by atoms with Crippen LogP contribution in [0.15, 0.2) is 54.9 Å². The van der Waals surface area contributed by atoms with Crippen LogP contribution in [0, 0.1) is 0 Å². The summed E-state index contributed by atoms with van der Waals surface area (Å²) in [5.41, 5.74) is 10.1. The van der Waals surface area contributed by atoms with Gasteiger partial charge < -0.3 is 20.1 Å². The van der Waals surface area contributed by atoms with Crippen molar-refractivity contribution in [2.75, 3.05) is 38.3 Å². The molecule has 2 aromatic carbocycles. The number of ether oxygens (including phenoxy) is 2. The Morgan fingerprint density at radius 2 is 2.07 bits per heavy atom. The van der Waals surface area contributed by atoms with Crippen LogP contribution in [-0.4, -0.2) is 54.0 Å². The summed E-state index contributed by atoms with van der Waals surface area (Å²) >= 11 is 0. The first-order chi connectivity index (χ1) is 14.7. The van der Waals surface area contributed by atoms with E-state index >= 15 is 0 Å². The van der Waals surface area contributed by atoms with Gasteiger partial charge in [0.05, 0.1) is 28.8 Å². The van der Waals surface area contributed by atoms with Gasteiger partial charge in [0.15, 0.2) is 0 Å². The van der Waals surface area contributed by atoms with Crippen LogP contribution in [-0.2, 0) is 4.74 Å². The smallest absolute Gasteiger partial charge is 0.139 e. The summed E-state index contributed by atoms with van der Waals surface area (Å²) in [4.78, 5) is 11.9. The molecule has 3 heterocycles. The molecule has 0 saturated carbocycles. The lowest BCUT2D eigenvalue weighted by Gasteiger charge is -2.20. The first-order valence-corrected chi connectivity index (χ1v) is 10.2. The molecule has 7 heteroatoms. The molecule has 0 aliphatic carbocycles. The Hall–Kier alpha value is -3.16. The number of pyridine rings is 1. The van der Waals surface area contributed by atoms with E-state index in [-0.39, 0.29) is 6.04 Å². The molecular weight excluding hydrogens is 378 g/mol. The number of para-hydroxylation sites is 1. The molecule has 2 aromatic heterocycles. The highest BCUT2D eigenvalue weighted by molar-refractivity contribution is 5.92. The van der Waals surface area contributed by atoms with Crippen LogP contribution in [0.25, 0.3) is 27.8 Å². The number of rotatable bonds is 6. The standard InChI is InChI=1S/C23H25N5O2/c1-29-11-12-30-18-6-7-20-19(13-18)25-15-28(20)22-8-5-16-3-2-4-21(23(16)26-22)27-10-9-17(24)14-27/h2-8,13,15,17H,9-12,14,24H2,1H3/t17-/m1/s1. The highest BCUT2D eigenvalue weighted by atomic mass is 16.5. The minimum Gasteiger partial charge on any atom is -0.491 e. The molecule has 0 unspecified atom stereocenters. The molecule has 1 atom stereocenters. The highest BCUT2D eigenvalue weighted by Gasteiger charge is 2.21. The largest absolute Gasteiger partial charge is 0.491 e. The third kappa shape index (κ3) is 3.46. The number of nitrogens with zero attached hydrogens (tertiary/aromatic N) is 4. The zero-order valence-electron chi connectivity index (χ0n) is 17.0. The summed E-state index contributed by atoms with van der Waals surface area (Å²) in [7, 11) is 1.66. The van der Waals surface area contributed by atoms with Gasteiger partial charge in [0.1, 0.15) is 24.5 Å². The van der Waals surface area contributed by atoms with E-state index in [2.05, 4.69) is 34.1 Å². The second-order valence-electron chi connectivity index (χ2n) is 7.62. The van der Waals surface area contributed by atoms with Gasteiger partial charge in [-0.15, -0.1) is 0 Å². The normalized spacial score (nSPS) is 16.6. The fourth-order valence-electron chi connectivity index (χ4n) is 4.02. The summed E-state index contributed by atoms with van der Waals surface area (Å²) in [6.45, 7) is 2.90. The van der Waals surface area contributed by atoms with Crippen molar-refractivity contribution in [2.45, 2.75) is 12.5 Å². The molecule has 4 aromatic rings. The number of methoxy groups -OCH3 is 1. The van der Waals surface area contributed by atoms with Gasteiger partial charge >= 0.3 is 0 Å². The Morgan fingerprint density at radius 1 is 1.13 bits per heavy atom. The molecule has 5 rings (SSSR count). The SMILES string of the molecule is COCCOc1ccc2c(c1)ncn2-c1ccc2cccc(N3CC[C@@H](N)C3)c2n1. The van der Waals surface area contributed by atoms with Crippen LogP contribution in [0.3, 0.4) is 0 Å². The van der Waals surface area contributed by atoms with Gasteiger partial charge in [0, 0.05) is 37.7 Å². The van der Waals surface area contributed by atoms with Gasteiger partial charge in [-0.2, -0.15) is 0 Å².